The normalized spacial score (nSPS) is 15.1. The second-order valence-electron chi connectivity index (χ2n) is 8.31. The van der Waals surface area contributed by atoms with E-state index in [1.54, 1.807) is 0 Å². The third-order valence-corrected chi connectivity index (χ3v) is 6.95. The van der Waals surface area contributed by atoms with Crippen LogP contribution in [0.25, 0.3) is 17.1 Å². The summed E-state index contributed by atoms with van der Waals surface area (Å²) < 4.78 is 4.12. The fraction of sp³-hybridized carbons (Fsp3) is 0.292. The van der Waals surface area contributed by atoms with Crippen LogP contribution in [0.3, 0.4) is 0 Å². The van der Waals surface area contributed by atoms with Crippen LogP contribution in [0.15, 0.2) is 48.7 Å². The molecule has 5 nitrogen and oxygen atoms in total. The van der Waals surface area contributed by atoms with Gasteiger partial charge in [-0.1, -0.05) is 41.8 Å². The average molecular weight is 452 g/mol. The van der Waals surface area contributed by atoms with Crippen LogP contribution < -0.4 is 0 Å². The number of hydrogen-bond acceptors (Lipinski definition) is 3. The van der Waals surface area contributed by atoms with Crippen molar-refractivity contribution >= 4 is 23.2 Å². The highest BCUT2D eigenvalue weighted by Crippen LogP contribution is 2.49. The molecule has 158 valence electrons. The van der Waals surface area contributed by atoms with E-state index in [-0.39, 0.29) is 5.41 Å². The summed E-state index contributed by atoms with van der Waals surface area (Å²) in [5, 5.41) is 10.6. The van der Waals surface area contributed by atoms with Crippen molar-refractivity contribution in [3.8, 4) is 17.1 Å². The largest absolute Gasteiger partial charge is 0.313 e. The number of aryl methyl sites for hydroxylation is 2. The molecule has 1 aliphatic carbocycles. The number of halogens is 2. The minimum absolute atomic E-state index is 0.123. The topological polar surface area (TPSA) is 48.5 Å². The zero-order valence-corrected chi connectivity index (χ0v) is 19.2. The van der Waals surface area contributed by atoms with Gasteiger partial charge in [-0.3, -0.25) is 0 Å². The third-order valence-electron chi connectivity index (χ3n) is 6.38. The molecule has 1 saturated carbocycles. The van der Waals surface area contributed by atoms with Crippen molar-refractivity contribution in [1.29, 1.82) is 0 Å². The van der Waals surface area contributed by atoms with Crippen LogP contribution in [0.1, 0.15) is 42.2 Å². The van der Waals surface area contributed by atoms with Gasteiger partial charge in [0.05, 0.1) is 16.1 Å². The van der Waals surface area contributed by atoms with E-state index in [9.17, 15) is 0 Å². The lowest BCUT2D eigenvalue weighted by atomic mass is 9.64. The Hall–Kier alpha value is -2.63. The molecule has 5 rings (SSSR count). The summed E-state index contributed by atoms with van der Waals surface area (Å²) in [5.74, 6) is 2.67. The maximum absolute atomic E-state index is 6.72. The van der Waals surface area contributed by atoms with Crippen LogP contribution in [-0.2, 0) is 12.5 Å². The molecule has 4 aromatic rings. The maximum atomic E-state index is 6.72. The zero-order valence-electron chi connectivity index (χ0n) is 17.7. The van der Waals surface area contributed by atoms with Gasteiger partial charge in [-0.05, 0) is 62.6 Å². The van der Waals surface area contributed by atoms with Gasteiger partial charge < -0.3 is 9.13 Å². The average Bonchev–Trinajstić information content (AvgIpc) is 3.24. The molecule has 7 heteroatoms. The van der Waals surface area contributed by atoms with Gasteiger partial charge in [0.15, 0.2) is 5.82 Å². The van der Waals surface area contributed by atoms with E-state index >= 15 is 0 Å². The molecule has 1 fully saturated rings. The highest BCUT2D eigenvalue weighted by Gasteiger charge is 2.44. The van der Waals surface area contributed by atoms with E-state index in [0.717, 1.165) is 52.3 Å². The van der Waals surface area contributed by atoms with Crippen molar-refractivity contribution in [1.82, 2.24) is 24.3 Å². The molecule has 0 bridgehead atoms. The fourth-order valence-electron chi connectivity index (χ4n) is 4.64. The number of benzene rings is 2. The van der Waals surface area contributed by atoms with E-state index in [2.05, 4.69) is 31.9 Å². The highest BCUT2D eigenvalue weighted by atomic mass is 35.5. The number of hydrogen-bond donors (Lipinski definition) is 0. The van der Waals surface area contributed by atoms with Crippen LogP contribution in [-0.4, -0.2) is 24.3 Å². The van der Waals surface area contributed by atoms with Crippen molar-refractivity contribution in [2.75, 3.05) is 0 Å². The van der Waals surface area contributed by atoms with Crippen molar-refractivity contribution in [3.63, 3.8) is 0 Å². The van der Waals surface area contributed by atoms with Gasteiger partial charge in [-0.25, -0.2) is 4.98 Å². The van der Waals surface area contributed by atoms with Gasteiger partial charge in [-0.15, -0.1) is 10.2 Å². The first-order valence-corrected chi connectivity index (χ1v) is 11.1. The van der Waals surface area contributed by atoms with Gasteiger partial charge in [0.25, 0.3) is 0 Å². The molecule has 0 amide bonds. The SMILES string of the molecule is Cc1cn(-c2ccc(-c3nnc(C4(c5ccc(Cl)cc5)CCC4)n3C)c(Cl)c2)c(C)n1. The summed E-state index contributed by atoms with van der Waals surface area (Å²) in [6.45, 7) is 3.97. The first-order valence-electron chi connectivity index (χ1n) is 10.4. The molecule has 2 aromatic carbocycles. The van der Waals surface area contributed by atoms with Gasteiger partial charge in [-0.2, -0.15) is 0 Å². The second-order valence-corrected chi connectivity index (χ2v) is 9.16. The molecule has 0 spiro atoms. The Labute approximate surface area is 191 Å². The molecule has 31 heavy (non-hydrogen) atoms. The zero-order chi connectivity index (χ0) is 21.8. The number of imidazole rings is 1. The first kappa shape index (κ1) is 20.3. The molecule has 0 atom stereocenters. The van der Waals surface area contributed by atoms with E-state index in [1.807, 2.05) is 62.0 Å². The van der Waals surface area contributed by atoms with E-state index < -0.39 is 0 Å². The van der Waals surface area contributed by atoms with Crippen molar-refractivity contribution in [2.45, 2.75) is 38.5 Å². The first-order chi connectivity index (χ1) is 14.9. The molecule has 0 radical (unpaired) electrons. The molecule has 1 aliphatic rings. The summed E-state index contributed by atoms with van der Waals surface area (Å²) in [4.78, 5) is 4.48. The predicted molar refractivity (Wildman–Crippen MR) is 124 cm³/mol. The number of rotatable bonds is 4. The van der Waals surface area contributed by atoms with Gasteiger partial charge >= 0.3 is 0 Å². The lowest BCUT2D eigenvalue weighted by Gasteiger charge is -2.41. The van der Waals surface area contributed by atoms with E-state index in [1.165, 1.54) is 12.0 Å². The molecule has 2 aromatic heterocycles. The third kappa shape index (κ3) is 3.27. The van der Waals surface area contributed by atoms with Gasteiger partial charge in [0.1, 0.15) is 11.6 Å². The van der Waals surface area contributed by atoms with E-state index in [4.69, 9.17) is 23.2 Å². The molecule has 0 N–H and O–H groups in total. The van der Waals surface area contributed by atoms with Crippen molar-refractivity contribution < 1.29 is 0 Å². The number of aromatic nitrogens is 5. The Balaban J connectivity index is 1.54. The molecule has 0 unspecified atom stereocenters. The minimum atomic E-state index is -0.123. The molecule has 2 heterocycles. The predicted octanol–water partition coefficient (Wildman–Crippen LogP) is 6.06. The summed E-state index contributed by atoms with van der Waals surface area (Å²) in [7, 11) is 2.02. The molecular formula is C24H23Cl2N5. The van der Waals surface area contributed by atoms with Crippen LogP contribution in [0.2, 0.25) is 10.0 Å². The summed E-state index contributed by atoms with van der Waals surface area (Å²) in [5.41, 5.74) is 3.93. The Bertz CT molecular complexity index is 1270. The highest BCUT2D eigenvalue weighted by molar-refractivity contribution is 6.33. The maximum Gasteiger partial charge on any atom is 0.165 e. The van der Waals surface area contributed by atoms with Gasteiger partial charge in [0.2, 0.25) is 0 Å². The summed E-state index contributed by atoms with van der Waals surface area (Å²) >= 11 is 12.8. The van der Waals surface area contributed by atoms with Crippen LogP contribution in [0.4, 0.5) is 0 Å². The Morgan fingerprint density at radius 1 is 0.968 bits per heavy atom. The molecule has 0 saturated heterocycles. The second kappa shape index (κ2) is 7.50. The fourth-order valence-corrected chi connectivity index (χ4v) is 5.02. The van der Waals surface area contributed by atoms with Crippen LogP contribution >= 0.6 is 23.2 Å². The lowest BCUT2D eigenvalue weighted by molar-refractivity contribution is 0.278. The lowest BCUT2D eigenvalue weighted by Crippen LogP contribution is -2.38. The smallest absolute Gasteiger partial charge is 0.165 e. The minimum Gasteiger partial charge on any atom is -0.313 e. The monoisotopic (exact) mass is 451 g/mol. The van der Waals surface area contributed by atoms with Crippen molar-refractivity contribution in [2.24, 2.45) is 7.05 Å². The van der Waals surface area contributed by atoms with Crippen molar-refractivity contribution in [3.05, 3.63) is 81.6 Å². The van der Waals surface area contributed by atoms with E-state index in [0.29, 0.717) is 5.02 Å². The van der Waals surface area contributed by atoms with Crippen LogP contribution in [0, 0.1) is 13.8 Å². The van der Waals surface area contributed by atoms with Crippen LogP contribution in [0.5, 0.6) is 0 Å². The molecular weight excluding hydrogens is 429 g/mol. The van der Waals surface area contributed by atoms with Gasteiger partial charge in [0, 0.05) is 29.5 Å². The Morgan fingerprint density at radius 2 is 1.71 bits per heavy atom. The standard InChI is InChI=1S/C24H23Cl2N5/c1-15-14-31(16(2)27-15)19-9-10-20(21(26)13-19)22-28-29-23(30(22)3)24(11-4-12-24)17-5-7-18(25)8-6-17/h5-10,13-14H,4,11-12H2,1-3H3. The Kier molecular flexibility index (Phi) is 4.91. The quantitative estimate of drug-likeness (QED) is 0.378. The number of nitrogens with zero attached hydrogens (tertiary/aromatic N) is 5. The summed E-state index contributed by atoms with van der Waals surface area (Å²) in [6, 6.07) is 14.1. The molecule has 0 aliphatic heterocycles. The summed E-state index contributed by atoms with van der Waals surface area (Å²) in [6.07, 6.45) is 5.27. The Morgan fingerprint density at radius 3 is 2.29 bits per heavy atom.